The standard InChI is InChI=1S/C25H16ClFN4S/c26-17-9-5-16(6-10-17)24-29-23(20-13-28-21-4-2-1-3-19(20)21)30-25-31(24)22(14-32-25)15-7-11-18(27)12-8-15/h1-14,23,28H. The maximum absolute atomic E-state index is 13.5. The summed E-state index contributed by atoms with van der Waals surface area (Å²) in [5.74, 6) is 0.515. The Labute approximate surface area is 193 Å². The molecular formula is C25H16ClFN4S. The third-order valence-electron chi connectivity index (χ3n) is 5.54. The summed E-state index contributed by atoms with van der Waals surface area (Å²) in [6.07, 6.45) is 1.60. The lowest BCUT2D eigenvalue weighted by Gasteiger charge is -2.29. The molecule has 1 unspecified atom stereocenters. The van der Waals surface area contributed by atoms with E-state index in [9.17, 15) is 4.39 Å². The van der Waals surface area contributed by atoms with E-state index < -0.39 is 0 Å². The van der Waals surface area contributed by atoms with Gasteiger partial charge < -0.3 is 4.98 Å². The van der Waals surface area contributed by atoms with Crippen molar-refractivity contribution in [2.24, 2.45) is 9.98 Å². The van der Waals surface area contributed by atoms with Crippen molar-refractivity contribution >= 4 is 51.0 Å². The fourth-order valence-electron chi connectivity index (χ4n) is 3.98. The van der Waals surface area contributed by atoms with E-state index in [0.717, 1.165) is 44.3 Å². The highest BCUT2D eigenvalue weighted by atomic mass is 35.5. The van der Waals surface area contributed by atoms with E-state index in [4.69, 9.17) is 21.6 Å². The molecule has 1 aromatic heterocycles. The van der Waals surface area contributed by atoms with Crippen LogP contribution in [0.2, 0.25) is 5.02 Å². The lowest BCUT2D eigenvalue weighted by Crippen LogP contribution is -2.35. The van der Waals surface area contributed by atoms with Crippen LogP contribution in [0, 0.1) is 5.82 Å². The molecule has 4 aromatic rings. The number of nitrogens with one attached hydrogen (secondary N) is 1. The molecule has 2 aliphatic rings. The number of rotatable bonds is 3. The fraction of sp³-hybridized carbons (Fsp3) is 0.0400. The molecule has 0 amide bonds. The molecule has 3 heterocycles. The quantitative estimate of drug-likeness (QED) is 0.366. The highest BCUT2D eigenvalue weighted by Crippen LogP contribution is 2.41. The summed E-state index contributed by atoms with van der Waals surface area (Å²) in [6, 6.07) is 22.3. The van der Waals surface area contributed by atoms with E-state index in [1.807, 2.05) is 59.0 Å². The molecule has 0 radical (unpaired) electrons. The summed E-state index contributed by atoms with van der Waals surface area (Å²) >= 11 is 7.69. The second-order valence-electron chi connectivity index (χ2n) is 7.50. The van der Waals surface area contributed by atoms with E-state index in [-0.39, 0.29) is 12.0 Å². The number of fused-ring (bicyclic) bond motifs is 2. The molecule has 0 fully saturated rings. The number of thioether (sulfide) groups is 1. The molecular weight excluding hydrogens is 443 g/mol. The molecule has 32 heavy (non-hydrogen) atoms. The van der Waals surface area contributed by atoms with Crippen molar-refractivity contribution in [2.45, 2.75) is 6.17 Å². The molecule has 6 rings (SSSR count). The van der Waals surface area contributed by atoms with Gasteiger partial charge in [0.15, 0.2) is 11.3 Å². The molecule has 0 spiro atoms. The Morgan fingerprint density at radius 2 is 1.66 bits per heavy atom. The van der Waals surface area contributed by atoms with Gasteiger partial charge in [-0.25, -0.2) is 14.4 Å². The highest BCUT2D eigenvalue weighted by molar-refractivity contribution is 8.16. The molecule has 0 aliphatic carbocycles. The van der Waals surface area contributed by atoms with Gasteiger partial charge >= 0.3 is 0 Å². The molecule has 7 heteroatoms. The lowest BCUT2D eigenvalue weighted by molar-refractivity contribution is 0.627. The molecule has 0 saturated carbocycles. The predicted molar refractivity (Wildman–Crippen MR) is 130 cm³/mol. The zero-order valence-electron chi connectivity index (χ0n) is 16.7. The van der Waals surface area contributed by atoms with E-state index >= 15 is 0 Å². The van der Waals surface area contributed by atoms with Crippen molar-refractivity contribution in [1.29, 1.82) is 0 Å². The number of para-hydroxylation sites is 1. The number of benzene rings is 3. The number of amidine groups is 2. The van der Waals surface area contributed by atoms with Crippen LogP contribution in [0.4, 0.5) is 4.39 Å². The van der Waals surface area contributed by atoms with E-state index in [1.54, 1.807) is 23.9 Å². The topological polar surface area (TPSA) is 43.8 Å². The molecule has 4 nitrogen and oxygen atoms in total. The average Bonchev–Trinajstić information content (AvgIpc) is 3.44. The minimum atomic E-state index is -0.378. The van der Waals surface area contributed by atoms with Crippen LogP contribution in [0.5, 0.6) is 0 Å². The zero-order valence-corrected chi connectivity index (χ0v) is 18.2. The van der Waals surface area contributed by atoms with Gasteiger partial charge in [0.1, 0.15) is 11.7 Å². The summed E-state index contributed by atoms with van der Waals surface area (Å²) < 4.78 is 13.5. The normalized spacial score (nSPS) is 17.8. The van der Waals surface area contributed by atoms with Crippen molar-refractivity contribution in [1.82, 2.24) is 9.88 Å². The number of aliphatic imine (C=N–C) groups is 2. The summed E-state index contributed by atoms with van der Waals surface area (Å²) in [7, 11) is 0. The van der Waals surface area contributed by atoms with Gasteiger partial charge in [-0.3, -0.25) is 4.90 Å². The first-order chi connectivity index (χ1) is 15.7. The minimum absolute atomic E-state index is 0.265. The predicted octanol–water partition coefficient (Wildman–Crippen LogP) is 6.82. The third kappa shape index (κ3) is 3.23. The van der Waals surface area contributed by atoms with Gasteiger partial charge in [-0.1, -0.05) is 41.6 Å². The van der Waals surface area contributed by atoms with Gasteiger partial charge in [0.25, 0.3) is 0 Å². The molecule has 1 N–H and O–H groups in total. The summed E-state index contributed by atoms with van der Waals surface area (Å²) in [4.78, 5) is 15.4. The minimum Gasteiger partial charge on any atom is -0.361 e. The Bertz CT molecular complexity index is 1420. The monoisotopic (exact) mass is 458 g/mol. The van der Waals surface area contributed by atoms with Crippen LogP contribution < -0.4 is 0 Å². The Morgan fingerprint density at radius 1 is 0.906 bits per heavy atom. The SMILES string of the molecule is Fc1ccc(C2=CSC3=NC(c4c[nH]c5ccccc45)N=C(c4ccc(Cl)cc4)N23)cc1. The molecule has 2 aliphatic heterocycles. The molecule has 0 saturated heterocycles. The lowest BCUT2D eigenvalue weighted by atomic mass is 10.1. The third-order valence-corrected chi connectivity index (χ3v) is 6.63. The Kier molecular flexibility index (Phi) is 4.63. The number of hydrogen-bond donors (Lipinski definition) is 1. The maximum atomic E-state index is 13.5. The molecule has 3 aromatic carbocycles. The van der Waals surface area contributed by atoms with Crippen LogP contribution in [0.15, 0.2) is 94.4 Å². The van der Waals surface area contributed by atoms with Gasteiger partial charge in [0.2, 0.25) is 0 Å². The van der Waals surface area contributed by atoms with Gasteiger partial charge in [-0.15, -0.1) is 0 Å². The van der Waals surface area contributed by atoms with Crippen LogP contribution in [0.25, 0.3) is 16.6 Å². The largest absolute Gasteiger partial charge is 0.361 e. The molecule has 156 valence electrons. The number of aromatic amines is 1. The molecule has 1 atom stereocenters. The van der Waals surface area contributed by atoms with Gasteiger partial charge in [-0.05, 0) is 60.2 Å². The van der Waals surface area contributed by atoms with E-state index in [2.05, 4.69) is 11.1 Å². The van der Waals surface area contributed by atoms with Crippen molar-refractivity contribution < 1.29 is 4.39 Å². The van der Waals surface area contributed by atoms with Gasteiger partial charge in [-0.2, -0.15) is 0 Å². The second-order valence-corrected chi connectivity index (χ2v) is 8.77. The first-order valence-electron chi connectivity index (χ1n) is 10.1. The summed E-state index contributed by atoms with van der Waals surface area (Å²) in [5.41, 5.74) is 4.82. The van der Waals surface area contributed by atoms with E-state index in [1.165, 1.54) is 12.1 Å². The van der Waals surface area contributed by atoms with Crippen molar-refractivity contribution in [3.8, 4) is 0 Å². The molecule has 0 bridgehead atoms. The second kappa shape index (κ2) is 7.65. The van der Waals surface area contributed by atoms with Crippen LogP contribution in [0.3, 0.4) is 0 Å². The Balaban J connectivity index is 1.49. The zero-order chi connectivity index (χ0) is 21.7. The number of halogens is 2. The van der Waals surface area contributed by atoms with Gasteiger partial charge in [0.05, 0.1) is 5.70 Å². The first-order valence-corrected chi connectivity index (χ1v) is 11.3. The Morgan fingerprint density at radius 3 is 2.47 bits per heavy atom. The first kappa shape index (κ1) is 19.3. The number of aromatic nitrogens is 1. The maximum Gasteiger partial charge on any atom is 0.176 e. The fourth-order valence-corrected chi connectivity index (χ4v) is 5.02. The smallest absolute Gasteiger partial charge is 0.176 e. The summed E-state index contributed by atoms with van der Waals surface area (Å²) in [5, 5.41) is 4.64. The van der Waals surface area contributed by atoms with Crippen molar-refractivity contribution in [3.05, 3.63) is 112 Å². The Hall–Kier alpha value is -3.35. The average molecular weight is 459 g/mol. The summed E-state index contributed by atoms with van der Waals surface area (Å²) in [6.45, 7) is 0. The number of hydrogen-bond acceptors (Lipinski definition) is 4. The highest BCUT2D eigenvalue weighted by Gasteiger charge is 2.34. The van der Waals surface area contributed by atoms with E-state index in [0.29, 0.717) is 5.02 Å². The van der Waals surface area contributed by atoms with Crippen molar-refractivity contribution in [3.63, 3.8) is 0 Å². The van der Waals surface area contributed by atoms with Crippen LogP contribution in [0.1, 0.15) is 22.9 Å². The van der Waals surface area contributed by atoms with Crippen molar-refractivity contribution in [2.75, 3.05) is 0 Å². The van der Waals surface area contributed by atoms with Crippen LogP contribution >= 0.6 is 23.4 Å². The van der Waals surface area contributed by atoms with Crippen LogP contribution in [-0.4, -0.2) is 20.9 Å². The van der Waals surface area contributed by atoms with Crippen LogP contribution in [-0.2, 0) is 0 Å². The number of nitrogens with zero attached hydrogens (tertiary/aromatic N) is 3. The van der Waals surface area contributed by atoms with Gasteiger partial charge in [0, 0.05) is 38.7 Å². The number of H-pyrrole nitrogens is 1.